The lowest BCUT2D eigenvalue weighted by Gasteiger charge is -2.36. The van der Waals surface area contributed by atoms with Crippen molar-refractivity contribution in [2.75, 3.05) is 11.9 Å². The van der Waals surface area contributed by atoms with Gasteiger partial charge in [-0.2, -0.15) is 0 Å². The van der Waals surface area contributed by atoms with Crippen LogP contribution in [0, 0.1) is 20.8 Å². The first kappa shape index (κ1) is 14.4. The van der Waals surface area contributed by atoms with Gasteiger partial charge in [0.15, 0.2) is 0 Å². The highest BCUT2D eigenvalue weighted by Crippen LogP contribution is 2.37. The van der Waals surface area contributed by atoms with Gasteiger partial charge in [0.05, 0.1) is 5.39 Å². The van der Waals surface area contributed by atoms with Crippen molar-refractivity contribution in [1.29, 1.82) is 0 Å². The van der Waals surface area contributed by atoms with E-state index in [-0.39, 0.29) is 0 Å². The second kappa shape index (κ2) is 5.17. The van der Waals surface area contributed by atoms with E-state index in [9.17, 15) is 0 Å². The highest BCUT2D eigenvalue weighted by molar-refractivity contribution is 7.18. The van der Waals surface area contributed by atoms with Gasteiger partial charge < -0.3 is 10.2 Å². The average molecular weight is 316 g/mol. The minimum Gasteiger partial charge on any atom is -0.356 e. The standard InChI is InChI=1S/C17H24N4S/c1-9-10(2)22-17-15(9)16(18-11(3)19-17)21(4)14-7-12-5-6-13(8-14)20-12/h12-14,20H,5-8H2,1-4H3. The predicted octanol–water partition coefficient (Wildman–Crippen LogP) is 3.34. The number of rotatable bonds is 2. The first-order valence-corrected chi connectivity index (χ1v) is 9.08. The maximum atomic E-state index is 4.82. The summed E-state index contributed by atoms with van der Waals surface area (Å²) in [4.78, 5) is 14.4. The monoisotopic (exact) mass is 316 g/mol. The summed E-state index contributed by atoms with van der Waals surface area (Å²) in [5, 5.41) is 5.00. The molecule has 5 heteroatoms. The van der Waals surface area contributed by atoms with Crippen LogP contribution in [0.2, 0.25) is 0 Å². The van der Waals surface area contributed by atoms with Crippen molar-refractivity contribution in [3.05, 3.63) is 16.3 Å². The quantitative estimate of drug-likeness (QED) is 0.922. The normalized spacial score (nSPS) is 27.5. The van der Waals surface area contributed by atoms with Crippen molar-refractivity contribution in [3.63, 3.8) is 0 Å². The van der Waals surface area contributed by atoms with Gasteiger partial charge in [0.2, 0.25) is 0 Å². The van der Waals surface area contributed by atoms with E-state index < -0.39 is 0 Å². The molecular formula is C17H24N4S. The molecule has 1 N–H and O–H groups in total. The van der Waals surface area contributed by atoms with Crippen molar-refractivity contribution in [2.45, 2.75) is 64.6 Å². The van der Waals surface area contributed by atoms with Gasteiger partial charge in [0.25, 0.3) is 0 Å². The van der Waals surface area contributed by atoms with Crippen molar-refractivity contribution < 1.29 is 0 Å². The summed E-state index contributed by atoms with van der Waals surface area (Å²) in [6.45, 7) is 6.40. The van der Waals surface area contributed by atoms with Crippen LogP contribution in [-0.4, -0.2) is 35.1 Å². The number of thiophene rings is 1. The Morgan fingerprint density at radius 3 is 2.45 bits per heavy atom. The van der Waals surface area contributed by atoms with Crippen molar-refractivity contribution in [3.8, 4) is 0 Å². The first-order chi connectivity index (χ1) is 10.5. The molecule has 2 atom stereocenters. The topological polar surface area (TPSA) is 41.1 Å². The number of aromatic nitrogens is 2. The van der Waals surface area contributed by atoms with Crippen LogP contribution in [-0.2, 0) is 0 Å². The van der Waals surface area contributed by atoms with Crippen LogP contribution in [0.25, 0.3) is 10.2 Å². The number of nitrogens with one attached hydrogen (secondary N) is 1. The molecule has 4 heterocycles. The number of nitrogens with zero attached hydrogens (tertiary/aromatic N) is 3. The molecule has 4 nitrogen and oxygen atoms in total. The van der Waals surface area contributed by atoms with Gasteiger partial charge in [-0.15, -0.1) is 11.3 Å². The molecule has 22 heavy (non-hydrogen) atoms. The zero-order valence-electron chi connectivity index (χ0n) is 13.8. The highest BCUT2D eigenvalue weighted by atomic mass is 32.1. The molecule has 2 unspecified atom stereocenters. The Bertz CT molecular complexity index is 711. The zero-order valence-corrected chi connectivity index (χ0v) is 14.6. The lowest BCUT2D eigenvalue weighted by Crippen LogP contribution is -2.47. The minimum atomic E-state index is 0.593. The second-order valence-electron chi connectivity index (χ2n) is 6.93. The molecular weight excluding hydrogens is 292 g/mol. The van der Waals surface area contributed by atoms with Crippen LogP contribution in [0.3, 0.4) is 0 Å². The maximum Gasteiger partial charge on any atom is 0.141 e. The molecule has 0 aliphatic carbocycles. The molecule has 2 aromatic heterocycles. The Labute approximate surface area is 136 Å². The van der Waals surface area contributed by atoms with Gasteiger partial charge in [-0.1, -0.05) is 0 Å². The van der Waals surface area contributed by atoms with E-state index in [4.69, 9.17) is 4.98 Å². The molecule has 0 spiro atoms. The van der Waals surface area contributed by atoms with E-state index in [1.807, 2.05) is 6.92 Å². The van der Waals surface area contributed by atoms with Crippen LogP contribution >= 0.6 is 11.3 Å². The van der Waals surface area contributed by atoms with Gasteiger partial charge >= 0.3 is 0 Å². The van der Waals surface area contributed by atoms with E-state index in [1.54, 1.807) is 11.3 Å². The maximum absolute atomic E-state index is 4.82. The summed E-state index contributed by atoms with van der Waals surface area (Å²) in [5.41, 5.74) is 1.35. The fourth-order valence-corrected chi connectivity index (χ4v) is 5.17. The second-order valence-corrected chi connectivity index (χ2v) is 8.14. The van der Waals surface area contributed by atoms with Crippen LogP contribution < -0.4 is 10.2 Å². The third-order valence-electron chi connectivity index (χ3n) is 5.45. The van der Waals surface area contributed by atoms with Crippen molar-refractivity contribution in [1.82, 2.24) is 15.3 Å². The molecule has 0 radical (unpaired) electrons. The van der Waals surface area contributed by atoms with E-state index in [2.05, 4.69) is 36.1 Å². The largest absolute Gasteiger partial charge is 0.356 e. The summed E-state index contributed by atoms with van der Waals surface area (Å²) < 4.78 is 0. The van der Waals surface area contributed by atoms with E-state index in [0.29, 0.717) is 18.1 Å². The Balaban J connectivity index is 1.76. The summed E-state index contributed by atoms with van der Waals surface area (Å²) in [6.07, 6.45) is 5.15. The van der Waals surface area contributed by atoms with E-state index in [0.717, 1.165) is 16.5 Å². The summed E-state index contributed by atoms with van der Waals surface area (Å²) >= 11 is 1.79. The number of piperidine rings is 1. The van der Waals surface area contributed by atoms with Crippen LogP contribution in [0.4, 0.5) is 5.82 Å². The smallest absolute Gasteiger partial charge is 0.141 e. The molecule has 2 fully saturated rings. The lowest BCUT2D eigenvalue weighted by atomic mass is 9.98. The zero-order chi connectivity index (χ0) is 15.4. The van der Waals surface area contributed by atoms with E-state index in [1.165, 1.54) is 41.5 Å². The van der Waals surface area contributed by atoms with Gasteiger partial charge in [-0.3, -0.25) is 0 Å². The molecule has 2 aromatic rings. The molecule has 2 saturated heterocycles. The summed E-state index contributed by atoms with van der Waals surface area (Å²) in [6, 6.07) is 2.00. The lowest BCUT2D eigenvalue weighted by molar-refractivity contribution is 0.354. The van der Waals surface area contributed by atoms with Gasteiger partial charge in [0.1, 0.15) is 16.5 Å². The van der Waals surface area contributed by atoms with Crippen molar-refractivity contribution >= 4 is 27.4 Å². The van der Waals surface area contributed by atoms with Crippen LogP contribution in [0.1, 0.15) is 41.9 Å². The number of fused-ring (bicyclic) bond motifs is 3. The predicted molar refractivity (Wildman–Crippen MR) is 93.0 cm³/mol. The number of hydrogen-bond donors (Lipinski definition) is 1. The fraction of sp³-hybridized carbons (Fsp3) is 0.647. The molecule has 0 aromatic carbocycles. The van der Waals surface area contributed by atoms with Crippen LogP contribution in [0.5, 0.6) is 0 Å². The highest BCUT2D eigenvalue weighted by Gasteiger charge is 2.36. The van der Waals surface area contributed by atoms with Crippen LogP contribution in [0.15, 0.2) is 0 Å². The molecule has 118 valence electrons. The molecule has 4 rings (SSSR count). The fourth-order valence-electron chi connectivity index (χ4n) is 4.10. The molecule has 0 saturated carbocycles. The third-order valence-corrected chi connectivity index (χ3v) is 6.55. The first-order valence-electron chi connectivity index (χ1n) is 8.26. The number of aryl methyl sites for hydroxylation is 3. The van der Waals surface area contributed by atoms with Gasteiger partial charge in [-0.05, 0) is 52.0 Å². The molecule has 2 aliphatic heterocycles. The number of hydrogen-bond acceptors (Lipinski definition) is 5. The minimum absolute atomic E-state index is 0.593. The average Bonchev–Trinajstić information content (AvgIpc) is 2.97. The molecule has 0 amide bonds. The summed E-state index contributed by atoms with van der Waals surface area (Å²) in [5.74, 6) is 2.02. The van der Waals surface area contributed by atoms with Gasteiger partial charge in [-0.25, -0.2) is 9.97 Å². The molecule has 2 aliphatic rings. The van der Waals surface area contributed by atoms with Crippen molar-refractivity contribution in [2.24, 2.45) is 0 Å². The van der Waals surface area contributed by atoms with Gasteiger partial charge in [0, 0.05) is 30.1 Å². The summed E-state index contributed by atoms with van der Waals surface area (Å²) in [7, 11) is 2.23. The SMILES string of the molecule is Cc1nc(N(C)C2CC3CCC(C2)N3)c2c(C)c(C)sc2n1. The Morgan fingerprint density at radius 1 is 1.09 bits per heavy atom. The Kier molecular flexibility index (Phi) is 3.38. The van der Waals surface area contributed by atoms with E-state index >= 15 is 0 Å². The third kappa shape index (κ3) is 2.22. The Morgan fingerprint density at radius 2 is 1.77 bits per heavy atom. The molecule has 2 bridgehead atoms. The Hall–Kier alpha value is -1.20. The number of anilines is 1.